The summed E-state index contributed by atoms with van der Waals surface area (Å²) in [5.74, 6) is 2.22. The minimum Gasteiger partial charge on any atom is -0.353 e. The summed E-state index contributed by atoms with van der Waals surface area (Å²) in [7, 11) is 1.99. The molecule has 1 fully saturated rings. The van der Waals surface area contributed by atoms with E-state index < -0.39 is 0 Å². The van der Waals surface area contributed by atoms with Crippen LogP contribution in [0.25, 0.3) is 0 Å². The van der Waals surface area contributed by atoms with E-state index in [-0.39, 0.29) is 0 Å². The Morgan fingerprint density at radius 2 is 1.86 bits per heavy atom. The first-order chi connectivity index (χ1) is 10.2. The molecule has 0 spiro atoms. The van der Waals surface area contributed by atoms with E-state index in [9.17, 15) is 0 Å². The lowest BCUT2D eigenvalue weighted by molar-refractivity contribution is 0.618. The van der Waals surface area contributed by atoms with Crippen LogP contribution in [-0.2, 0) is 13.6 Å². The summed E-state index contributed by atoms with van der Waals surface area (Å²) in [5.41, 5.74) is 8.08. The molecule has 0 amide bonds. The maximum Gasteiger partial charge on any atom is 0.131 e. The number of hydrogen-bond donors (Lipinski definition) is 1. The molecule has 0 aliphatic carbocycles. The Kier molecular flexibility index (Phi) is 3.79. The maximum atomic E-state index is 5.89. The standard InChI is InChI=1S/C15H22N6/c1-12-13(11-16)15(19(2)18-12)21-9-7-20(8-10-21)14-5-3-4-6-17-14/h3-6H,7-11,16H2,1-2H3. The fourth-order valence-corrected chi connectivity index (χ4v) is 3.01. The number of rotatable bonds is 3. The van der Waals surface area contributed by atoms with Gasteiger partial charge in [0.05, 0.1) is 5.69 Å². The van der Waals surface area contributed by atoms with E-state index >= 15 is 0 Å². The first-order valence-corrected chi connectivity index (χ1v) is 7.34. The highest BCUT2D eigenvalue weighted by atomic mass is 15.4. The van der Waals surface area contributed by atoms with Crippen LogP contribution >= 0.6 is 0 Å². The van der Waals surface area contributed by atoms with E-state index in [4.69, 9.17) is 5.73 Å². The average molecular weight is 286 g/mol. The smallest absolute Gasteiger partial charge is 0.131 e. The van der Waals surface area contributed by atoms with Crippen molar-refractivity contribution < 1.29 is 0 Å². The molecule has 6 nitrogen and oxygen atoms in total. The van der Waals surface area contributed by atoms with Gasteiger partial charge in [-0.25, -0.2) is 4.98 Å². The van der Waals surface area contributed by atoms with Crippen LogP contribution < -0.4 is 15.5 Å². The van der Waals surface area contributed by atoms with Crippen molar-refractivity contribution in [1.82, 2.24) is 14.8 Å². The lowest BCUT2D eigenvalue weighted by atomic mass is 10.2. The fraction of sp³-hybridized carbons (Fsp3) is 0.467. The fourth-order valence-electron chi connectivity index (χ4n) is 3.01. The molecule has 1 saturated heterocycles. The molecule has 1 aliphatic rings. The predicted molar refractivity (Wildman–Crippen MR) is 84.5 cm³/mol. The van der Waals surface area contributed by atoms with Crippen molar-refractivity contribution in [2.45, 2.75) is 13.5 Å². The van der Waals surface area contributed by atoms with Crippen molar-refractivity contribution in [2.24, 2.45) is 12.8 Å². The number of hydrogen-bond acceptors (Lipinski definition) is 5. The Labute approximate surface area is 125 Å². The zero-order valence-electron chi connectivity index (χ0n) is 12.7. The van der Waals surface area contributed by atoms with Gasteiger partial charge in [-0.3, -0.25) is 4.68 Å². The van der Waals surface area contributed by atoms with Gasteiger partial charge >= 0.3 is 0 Å². The Balaban J connectivity index is 1.74. The molecule has 3 rings (SSSR count). The number of nitrogens with two attached hydrogens (primary N) is 1. The lowest BCUT2D eigenvalue weighted by Crippen LogP contribution is -2.47. The van der Waals surface area contributed by atoms with Gasteiger partial charge in [-0.05, 0) is 19.1 Å². The third kappa shape index (κ3) is 2.58. The molecule has 3 heterocycles. The normalized spacial score (nSPS) is 15.6. The van der Waals surface area contributed by atoms with Crippen LogP contribution in [0.4, 0.5) is 11.6 Å². The Bertz CT molecular complexity index is 598. The number of anilines is 2. The molecular formula is C15H22N6. The second-order valence-corrected chi connectivity index (χ2v) is 5.38. The largest absolute Gasteiger partial charge is 0.353 e. The summed E-state index contributed by atoms with van der Waals surface area (Å²) < 4.78 is 1.95. The van der Waals surface area contributed by atoms with Crippen LogP contribution in [0.1, 0.15) is 11.3 Å². The van der Waals surface area contributed by atoms with Crippen LogP contribution in [0.3, 0.4) is 0 Å². The van der Waals surface area contributed by atoms with E-state index in [1.807, 2.05) is 37.0 Å². The molecular weight excluding hydrogens is 264 g/mol. The molecule has 0 atom stereocenters. The zero-order chi connectivity index (χ0) is 14.8. The first kappa shape index (κ1) is 13.9. The van der Waals surface area contributed by atoms with Gasteiger partial charge in [0.25, 0.3) is 0 Å². The van der Waals surface area contributed by atoms with Crippen molar-refractivity contribution in [3.8, 4) is 0 Å². The number of aryl methyl sites for hydroxylation is 2. The van der Waals surface area contributed by atoms with Gasteiger partial charge in [-0.1, -0.05) is 6.07 Å². The summed E-state index contributed by atoms with van der Waals surface area (Å²) >= 11 is 0. The predicted octanol–water partition coefficient (Wildman–Crippen LogP) is 0.909. The molecule has 2 N–H and O–H groups in total. The molecule has 2 aromatic rings. The summed E-state index contributed by atoms with van der Waals surface area (Å²) in [6.45, 7) is 6.41. The SMILES string of the molecule is Cc1nn(C)c(N2CCN(c3ccccn3)CC2)c1CN. The summed E-state index contributed by atoms with van der Waals surface area (Å²) in [6.07, 6.45) is 1.85. The molecule has 1 aliphatic heterocycles. The molecule has 2 aromatic heterocycles. The topological polar surface area (TPSA) is 63.2 Å². The van der Waals surface area contributed by atoms with Gasteiger partial charge in [0.1, 0.15) is 11.6 Å². The Morgan fingerprint density at radius 3 is 2.48 bits per heavy atom. The van der Waals surface area contributed by atoms with Crippen LogP contribution in [-0.4, -0.2) is 40.9 Å². The van der Waals surface area contributed by atoms with E-state index in [0.717, 1.165) is 49.1 Å². The van der Waals surface area contributed by atoms with E-state index in [1.54, 1.807) is 0 Å². The molecule has 0 saturated carbocycles. The summed E-state index contributed by atoms with van der Waals surface area (Å²) in [4.78, 5) is 9.12. The first-order valence-electron chi connectivity index (χ1n) is 7.34. The molecule has 112 valence electrons. The third-order valence-corrected chi connectivity index (χ3v) is 4.07. The van der Waals surface area contributed by atoms with Gasteiger partial charge in [0.15, 0.2) is 0 Å². The third-order valence-electron chi connectivity index (χ3n) is 4.07. The lowest BCUT2D eigenvalue weighted by Gasteiger charge is -2.36. The quantitative estimate of drug-likeness (QED) is 0.908. The van der Waals surface area contributed by atoms with Crippen LogP contribution in [0.5, 0.6) is 0 Å². The second kappa shape index (κ2) is 5.73. The Hall–Kier alpha value is -2.08. The van der Waals surface area contributed by atoms with Crippen molar-refractivity contribution in [2.75, 3.05) is 36.0 Å². The van der Waals surface area contributed by atoms with Crippen molar-refractivity contribution in [1.29, 1.82) is 0 Å². The van der Waals surface area contributed by atoms with E-state index in [2.05, 4.69) is 25.9 Å². The zero-order valence-corrected chi connectivity index (χ0v) is 12.7. The van der Waals surface area contributed by atoms with E-state index in [1.165, 1.54) is 0 Å². The van der Waals surface area contributed by atoms with Crippen LogP contribution in [0, 0.1) is 6.92 Å². The summed E-state index contributed by atoms with van der Waals surface area (Å²) in [5, 5.41) is 4.50. The minimum absolute atomic E-state index is 0.537. The molecule has 0 unspecified atom stereocenters. The molecule has 0 bridgehead atoms. The molecule has 21 heavy (non-hydrogen) atoms. The summed E-state index contributed by atoms with van der Waals surface area (Å²) in [6, 6.07) is 6.05. The van der Waals surface area contributed by atoms with Crippen LogP contribution in [0.2, 0.25) is 0 Å². The highest BCUT2D eigenvalue weighted by molar-refractivity contribution is 5.52. The maximum absolute atomic E-state index is 5.89. The van der Waals surface area contributed by atoms with E-state index in [0.29, 0.717) is 6.54 Å². The van der Waals surface area contributed by atoms with Gasteiger partial charge in [-0.2, -0.15) is 5.10 Å². The van der Waals surface area contributed by atoms with Crippen molar-refractivity contribution >= 4 is 11.6 Å². The number of piperazine rings is 1. The Morgan fingerprint density at radius 1 is 1.14 bits per heavy atom. The second-order valence-electron chi connectivity index (χ2n) is 5.38. The monoisotopic (exact) mass is 286 g/mol. The van der Waals surface area contributed by atoms with Gasteiger partial charge in [0, 0.05) is 51.5 Å². The average Bonchev–Trinajstić information content (AvgIpc) is 2.82. The number of pyridine rings is 1. The molecule has 0 radical (unpaired) electrons. The number of nitrogens with zero attached hydrogens (tertiary/aromatic N) is 5. The van der Waals surface area contributed by atoms with Gasteiger partial charge in [-0.15, -0.1) is 0 Å². The van der Waals surface area contributed by atoms with Gasteiger partial charge in [0.2, 0.25) is 0 Å². The highest BCUT2D eigenvalue weighted by Crippen LogP contribution is 2.24. The molecule has 6 heteroatoms. The molecule has 0 aromatic carbocycles. The van der Waals surface area contributed by atoms with Crippen LogP contribution in [0.15, 0.2) is 24.4 Å². The number of aromatic nitrogens is 3. The van der Waals surface area contributed by atoms with Crippen molar-refractivity contribution in [3.63, 3.8) is 0 Å². The van der Waals surface area contributed by atoms with Gasteiger partial charge < -0.3 is 15.5 Å². The van der Waals surface area contributed by atoms with Crippen molar-refractivity contribution in [3.05, 3.63) is 35.7 Å². The highest BCUT2D eigenvalue weighted by Gasteiger charge is 2.23. The minimum atomic E-state index is 0.537.